The molecule has 4 nitrogen and oxygen atoms in total. The quantitative estimate of drug-likeness (QED) is 0.327. The first-order valence-corrected chi connectivity index (χ1v) is 12.1. The first-order valence-electron chi connectivity index (χ1n) is 9.98. The Kier molecular flexibility index (Phi) is 5.57. The number of hydrogen-bond acceptors (Lipinski definition) is 5. The summed E-state index contributed by atoms with van der Waals surface area (Å²) >= 11 is 9.42. The molecule has 1 aliphatic heterocycles. The Balaban J connectivity index is 1.63. The Morgan fingerprint density at radius 1 is 1.16 bits per heavy atom. The summed E-state index contributed by atoms with van der Waals surface area (Å²) in [5.41, 5.74) is 2.13. The molecule has 5 rings (SSSR count). The maximum atomic E-state index is 13.8. The zero-order chi connectivity index (χ0) is 22.4. The molecular weight excluding hydrogens is 469 g/mol. The molecule has 1 aliphatic rings. The number of methoxy groups -OCH3 is 2. The standard InChI is InChI=1S/C24H19ClFNO3S2/c1-29-17-10-13-7-8-27(22(19-4-3-9-31-19)16(13)12-18(17)30-2)24(28)23-21(25)15-6-5-14(26)11-20(15)32-23/h3-6,9-12,22H,7-8H2,1-2H3/t22-/m0/s1. The van der Waals surface area contributed by atoms with E-state index in [1.165, 1.54) is 23.5 Å². The molecule has 0 unspecified atom stereocenters. The highest BCUT2D eigenvalue weighted by molar-refractivity contribution is 7.21. The van der Waals surface area contributed by atoms with E-state index in [4.69, 9.17) is 21.1 Å². The highest BCUT2D eigenvalue weighted by atomic mass is 35.5. The molecule has 0 bridgehead atoms. The third kappa shape index (κ3) is 3.45. The summed E-state index contributed by atoms with van der Waals surface area (Å²) in [6, 6.07) is 12.1. The maximum Gasteiger partial charge on any atom is 0.266 e. The number of carbonyl (C=O) groups is 1. The molecular formula is C24H19ClFNO3S2. The third-order valence-corrected chi connectivity index (χ3v) is 8.30. The summed E-state index contributed by atoms with van der Waals surface area (Å²) in [5.74, 6) is 0.789. The fraction of sp³-hybridized carbons (Fsp3) is 0.208. The lowest BCUT2D eigenvalue weighted by Crippen LogP contribution is -2.40. The molecule has 0 saturated heterocycles. The molecule has 2 aromatic heterocycles. The van der Waals surface area contributed by atoms with Crippen LogP contribution in [0.1, 0.15) is 31.7 Å². The molecule has 32 heavy (non-hydrogen) atoms. The van der Waals surface area contributed by atoms with Crippen molar-refractivity contribution in [2.45, 2.75) is 12.5 Å². The smallest absolute Gasteiger partial charge is 0.266 e. The van der Waals surface area contributed by atoms with E-state index in [0.29, 0.717) is 44.5 Å². The molecule has 4 aromatic rings. The Hall–Kier alpha value is -2.61. The van der Waals surface area contributed by atoms with E-state index in [9.17, 15) is 9.18 Å². The van der Waals surface area contributed by atoms with E-state index in [-0.39, 0.29) is 17.8 Å². The van der Waals surface area contributed by atoms with Gasteiger partial charge < -0.3 is 14.4 Å². The first kappa shape index (κ1) is 21.2. The van der Waals surface area contributed by atoms with Crippen LogP contribution in [-0.4, -0.2) is 31.6 Å². The summed E-state index contributed by atoms with van der Waals surface area (Å²) in [6.07, 6.45) is 0.681. The van der Waals surface area contributed by atoms with Gasteiger partial charge in [-0.05, 0) is 59.3 Å². The van der Waals surface area contributed by atoms with Crippen LogP contribution in [0.4, 0.5) is 4.39 Å². The van der Waals surface area contributed by atoms with E-state index in [0.717, 1.165) is 16.0 Å². The zero-order valence-electron chi connectivity index (χ0n) is 17.4. The summed E-state index contributed by atoms with van der Waals surface area (Å²) in [4.78, 5) is 17.1. The van der Waals surface area contributed by atoms with Crippen LogP contribution in [-0.2, 0) is 6.42 Å². The molecule has 1 amide bonds. The van der Waals surface area contributed by atoms with Gasteiger partial charge in [0.2, 0.25) is 0 Å². The Bertz CT molecular complexity index is 1320. The molecule has 0 fully saturated rings. The highest BCUT2D eigenvalue weighted by Gasteiger charge is 2.36. The van der Waals surface area contributed by atoms with Gasteiger partial charge in [-0.2, -0.15) is 0 Å². The van der Waals surface area contributed by atoms with Crippen molar-refractivity contribution in [1.82, 2.24) is 4.90 Å². The van der Waals surface area contributed by atoms with Gasteiger partial charge in [-0.15, -0.1) is 22.7 Å². The second kappa shape index (κ2) is 8.39. The number of thiophene rings is 2. The zero-order valence-corrected chi connectivity index (χ0v) is 19.7. The van der Waals surface area contributed by atoms with Gasteiger partial charge in [0.15, 0.2) is 11.5 Å². The molecule has 1 atom stereocenters. The normalized spacial score (nSPS) is 15.6. The Morgan fingerprint density at radius 2 is 1.94 bits per heavy atom. The molecule has 3 heterocycles. The van der Waals surface area contributed by atoms with Gasteiger partial charge in [-0.25, -0.2) is 4.39 Å². The highest BCUT2D eigenvalue weighted by Crippen LogP contribution is 2.44. The van der Waals surface area contributed by atoms with Gasteiger partial charge in [0, 0.05) is 21.5 Å². The lowest BCUT2D eigenvalue weighted by Gasteiger charge is -2.37. The van der Waals surface area contributed by atoms with Gasteiger partial charge in [0.1, 0.15) is 10.7 Å². The van der Waals surface area contributed by atoms with Crippen LogP contribution in [0.2, 0.25) is 5.02 Å². The number of rotatable bonds is 4. The monoisotopic (exact) mass is 487 g/mol. The van der Waals surface area contributed by atoms with Crippen molar-refractivity contribution in [1.29, 1.82) is 0 Å². The van der Waals surface area contributed by atoms with Crippen molar-refractivity contribution < 1.29 is 18.7 Å². The molecule has 0 radical (unpaired) electrons. The van der Waals surface area contributed by atoms with Gasteiger partial charge >= 0.3 is 0 Å². The van der Waals surface area contributed by atoms with Crippen LogP contribution in [0, 0.1) is 5.82 Å². The molecule has 0 saturated carbocycles. The summed E-state index contributed by atoms with van der Waals surface area (Å²) in [7, 11) is 3.22. The number of ether oxygens (including phenoxy) is 2. The number of fused-ring (bicyclic) bond motifs is 2. The van der Waals surface area contributed by atoms with Crippen LogP contribution in [0.5, 0.6) is 11.5 Å². The minimum atomic E-state index is -0.348. The van der Waals surface area contributed by atoms with E-state index in [2.05, 4.69) is 0 Å². The minimum Gasteiger partial charge on any atom is -0.493 e. The van der Waals surface area contributed by atoms with Crippen LogP contribution in [0.3, 0.4) is 0 Å². The van der Waals surface area contributed by atoms with Crippen molar-refractivity contribution in [3.63, 3.8) is 0 Å². The van der Waals surface area contributed by atoms with Crippen molar-refractivity contribution in [3.8, 4) is 11.5 Å². The Morgan fingerprint density at radius 3 is 2.66 bits per heavy atom. The van der Waals surface area contributed by atoms with Crippen LogP contribution in [0.25, 0.3) is 10.1 Å². The number of benzene rings is 2. The molecule has 164 valence electrons. The Labute approximate surface area is 197 Å². The van der Waals surface area contributed by atoms with Gasteiger partial charge in [-0.3, -0.25) is 4.79 Å². The predicted molar refractivity (Wildman–Crippen MR) is 127 cm³/mol. The molecule has 0 aliphatic carbocycles. The lowest BCUT2D eigenvalue weighted by molar-refractivity contribution is 0.0702. The van der Waals surface area contributed by atoms with E-state index < -0.39 is 0 Å². The van der Waals surface area contributed by atoms with Crippen LogP contribution < -0.4 is 9.47 Å². The topological polar surface area (TPSA) is 38.8 Å². The number of nitrogens with zero attached hydrogens (tertiary/aromatic N) is 1. The van der Waals surface area contributed by atoms with Gasteiger partial charge in [0.05, 0.1) is 25.3 Å². The fourth-order valence-electron chi connectivity index (χ4n) is 4.23. The number of carbonyl (C=O) groups excluding carboxylic acids is 1. The molecule has 8 heteroatoms. The molecule has 0 N–H and O–H groups in total. The second-order valence-corrected chi connectivity index (χ2v) is 9.87. The largest absolute Gasteiger partial charge is 0.493 e. The van der Waals surface area contributed by atoms with Gasteiger partial charge in [0.25, 0.3) is 5.91 Å². The van der Waals surface area contributed by atoms with Crippen LogP contribution >= 0.6 is 34.3 Å². The lowest BCUT2D eigenvalue weighted by atomic mass is 9.90. The summed E-state index contributed by atoms with van der Waals surface area (Å²) < 4.78 is 25.4. The van der Waals surface area contributed by atoms with Crippen molar-refractivity contribution >= 4 is 50.3 Å². The second-order valence-electron chi connectivity index (χ2n) is 7.46. The fourth-order valence-corrected chi connectivity index (χ4v) is 6.57. The minimum absolute atomic E-state index is 0.157. The maximum absolute atomic E-state index is 13.8. The van der Waals surface area contributed by atoms with Crippen LogP contribution in [0.15, 0.2) is 47.8 Å². The van der Waals surface area contributed by atoms with E-state index in [1.807, 2.05) is 34.5 Å². The van der Waals surface area contributed by atoms with Gasteiger partial charge in [-0.1, -0.05) is 17.7 Å². The predicted octanol–water partition coefficient (Wildman–Crippen LogP) is 6.56. The molecule has 2 aromatic carbocycles. The SMILES string of the molecule is COc1cc2c(cc1OC)[C@@H](c1cccs1)N(C(=O)c1sc3cc(F)ccc3c1Cl)CC2. The number of hydrogen-bond donors (Lipinski definition) is 0. The average Bonchev–Trinajstić information content (AvgIpc) is 3.45. The summed E-state index contributed by atoms with van der Waals surface area (Å²) in [5, 5.41) is 3.07. The first-order chi connectivity index (χ1) is 15.5. The van der Waals surface area contributed by atoms with Crippen molar-refractivity contribution in [3.05, 3.63) is 79.6 Å². The number of amides is 1. The summed E-state index contributed by atoms with van der Waals surface area (Å²) in [6.45, 7) is 0.531. The van der Waals surface area contributed by atoms with E-state index >= 15 is 0 Å². The van der Waals surface area contributed by atoms with E-state index in [1.54, 1.807) is 31.6 Å². The van der Waals surface area contributed by atoms with Crippen molar-refractivity contribution in [2.24, 2.45) is 0 Å². The number of halogens is 2. The molecule has 0 spiro atoms. The average molecular weight is 488 g/mol. The third-order valence-electron chi connectivity index (χ3n) is 5.73. The van der Waals surface area contributed by atoms with Crippen molar-refractivity contribution in [2.75, 3.05) is 20.8 Å².